The zero-order valence-electron chi connectivity index (χ0n) is 37.3. The van der Waals surface area contributed by atoms with E-state index in [1.807, 2.05) is 55.8 Å². The summed E-state index contributed by atoms with van der Waals surface area (Å²) in [7, 11) is 0. The van der Waals surface area contributed by atoms with Crippen LogP contribution in [-0.4, -0.2) is 146 Å². The Balaban J connectivity index is 1.43. The number of hydrogen-bond donors (Lipinski definition) is 11. The number of carboxylic acid groups (broad SMARTS) is 1. The molecule has 3 heterocycles. The van der Waals surface area contributed by atoms with Crippen LogP contribution in [0.4, 0.5) is 0 Å². The number of imidazole rings is 2. The van der Waals surface area contributed by atoms with Crippen LogP contribution in [0, 0.1) is 5.92 Å². The van der Waals surface area contributed by atoms with Crippen LogP contribution in [-0.2, 0) is 52.8 Å². The Labute approximate surface area is 382 Å². The van der Waals surface area contributed by atoms with E-state index in [9.17, 15) is 43.8 Å². The van der Waals surface area contributed by atoms with Crippen molar-refractivity contribution >= 4 is 53.2 Å². The number of aromatic amines is 2. The summed E-state index contributed by atoms with van der Waals surface area (Å²) in [5.41, 5.74) is 1.94. The Morgan fingerprint density at radius 1 is 0.800 bits per heavy atom. The molecule has 2 aromatic heterocycles. The lowest BCUT2D eigenvalue weighted by molar-refractivity contribution is -0.678. The molecule has 0 bridgehead atoms. The van der Waals surface area contributed by atoms with E-state index in [1.165, 1.54) is 37.5 Å². The predicted octanol–water partition coefficient (Wildman–Crippen LogP) is -4.71. The number of nitrogens with two attached hydrogens (primary N) is 2. The highest BCUT2D eigenvalue weighted by molar-refractivity contribution is 7.98. The van der Waals surface area contributed by atoms with Crippen molar-refractivity contribution in [3.05, 3.63) is 72.3 Å². The monoisotopic (exact) mass is 925 g/mol. The molecule has 1 fully saturated rings. The van der Waals surface area contributed by atoms with Gasteiger partial charge in [0.1, 0.15) is 24.2 Å². The number of aromatic nitrogens is 4. The summed E-state index contributed by atoms with van der Waals surface area (Å²) in [6, 6.07) is 1.56. The molecule has 0 spiro atoms. The number of H-pyrrole nitrogens is 2. The van der Waals surface area contributed by atoms with Crippen molar-refractivity contribution in [2.24, 2.45) is 5.92 Å². The average molecular weight is 926 g/mol. The zero-order chi connectivity index (χ0) is 47.3. The molecule has 1 aliphatic rings. The number of rotatable bonds is 28. The van der Waals surface area contributed by atoms with Crippen LogP contribution >= 0.6 is 11.8 Å². The third-order valence-corrected chi connectivity index (χ3v) is 11.6. The molecule has 8 atom stereocenters. The van der Waals surface area contributed by atoms with E-state index >= 15 is 0 Å². The summed E-state index contributed by atoms with van der Waals surface area (Å²) in [6.07, 6.45) is 10.1. The number of nitrogens with one attached hydrogen (secondary N) is 8. The topological polar surface area (TPSA) is 326 Å². The molecular formula is C43H65N12O9S+. The number of amides is 6. The maximum atomic E-state index is 13.9. The summed E-state index contributed by atoms with van der Waals surface area (Å²) in [4.78, 5) is 107. The van der Waals surface area contributed by atoms with Gasteiger partial charge in [-0.3, -0.25) is 28.8 Å². The van der Waals surface area contributed by atoms with E-state index in [0.717, 1.165) is 18.5 Å². The van der Waals surface area contributed by atoms with E-state index in [-0.39, 0.29) is 43.7 Å². The molecule has 21 nitrogen and oxygen atoms in total. The van der Waals surface area contributed by atoms with Crippen molar-refractivity contribution < 1.29 is 54.4 Å². The number of thioether (sulfide) groups is 1. The highest BCUT2D eigenvalue weighted by Gasteiger charge is 2.34. The second kappa shape index (κ2) is 26.8. The summed E-state index contributed by atoms with van der Waals surface area (Å²) in [5, 5.41) is 42.1. The molecule has 0 aliphatic carbocycles. The van der Waals surface area contributed by atoms with Gasteiger partial charge in [0.25, 0.3) is 11.8 Å². The Morgan fingerprint density at radius 3 is 1.98 bits per heavy atom. The SMILES string of the molecule is CSCC[C@H]([NH2+]C[C@H](Cc1ccccc1)NC(=O)[C@H](CO)NC(=O)[C@H](CC(C)C)NC(=O)[C@H](Cc1cnc[nH]1)NC(=O)[C@@H]1CCC[NH2+]1)C(=O)N[C@@H](C)C(=O)N[C@@H](Cc1cnc[nH]1)C(=O)[O-]. The van der Waals surface area contributed by atoms with E-state index < -0.39 is 84.4 Å². The van der Waals surface area contributed by atoms with Crippen LogP contribution in [0.25, 0.3) is 0 Å². The molecule has 65 heavy (non-hydrogen) atoms. The highest BCUT2D eigenvalue weighted by Crippen LogP contribution is 2.10. The first kappa shape index (κ1) is 51.8. The number of carbonyl (C=O) groups excluding carboxylic acids is 7. The largest absolute Gasteiger partial charge is 0.548 e. The molecular weight excluding hydrogens is 861 g/mol. The molecule has 22 heteroatoms. The van der Waals surface area contributed by atoms with Crippen LogP contribution in [0.1, 0.15) is 63.4 Å². The van der Waals surface area contributed by atoms with Crippen molar-refractivity contribution in [1.29, 1.82) is 0 Å². The molecule has 1 aliphatic heterocycles. The van der Waals surface area contributed by atoms with Crippen molar-refractivity contribution in [3.63, 3.8) is 0 Å². The molecule has 0 saturated carbocycles. The number of aliphatic carboxylic acids is 1. The lowest BCUT2D eigenvalue weighted by atomic mass is 10.0. The van der Waals surface area contributed by atoms with Gasteiger partial charge < -0.3 is 67.5 Å². The minimum Gasteiger partial charge on any atom is -0.548 e. The van der Waals surface area contributed by atoms with Crippen LogP contribution in [0.2, 0.25) is 0 Å². The summed E-state index contributed by atoms with van der Waals surface area (Å²) < 4.78 is 0. The zero-order valence-corrected chi connectivity index (χ0v) is 38.2. The van der Waals surface area contributed by atoms with Crippen molar-refractivity contribution in [1.82, 2.24) is 51.8 Å². The second-order valence-corrected chi connectivity index (χ2v) is 17.7. The van der Waals surface area contributed by atoms with E-state index in [0.29, 0.717) is 36.4 Å². The van der Waals surface area contributed by atoms with Gasteiger partial charge in [0.05, 0.1) is 50.4 Å². The quantitative estimate of drug-likeness (QED) is 0.0328. The molecule has 4 rings (SSSR count). The first-order valence-electron chi connectivity index (χ1n) is 21.9. The van der Waals surface area contributed by atoms with E-state index in [4.69, 9.17) is 0 Å². The fourth-order valence-electron chi connectivity index (χ4n) is 7.37. The number of benzene rings is 1. The van der Waals surface area contributed by atoms with Gasteiger partial charge in [-0.2, -0.15) is 11.8 Å². The number of quaternary nitrogens is 2. The van der Waals surface area contributed by atoms with Crippen LogP contribution in [0.5, 0.6) is 0 Å². The lowest BCUT2D eigenvalue weighted by Crippen LogP contribution is -2.95. The Bertz CT molecular complexity index is 1970. The summed E-state index contributed by atoms with van der Waals surface area (Å²) in [5.74, 6) is -4.49. The van der Waals surface area contributed by atoms with Gasteiger partial charge >= 0.3 is 0 Å². The van der Waals surface area contributed by atoms with Gasteiger partial charge in [0, 0.05) is 55.9 Å². The first-order valence-corrected chi connectivity index (χ1v) is 23.3. The molecule has 3 aromatic rings. The Hall–Kier alpha value is -5.84. The summed E-state index contributed by atoms with van der Waals surface area (Å²) in [6.45, 7) is 5.38. The van der Waals surface area contributed by atoms with Gasteiger partial charge in [-0.25, -0.2) is 9.97 Å². The van der Waals surface area contributed by atoms with Crippen molar-refractivity contribution in [2.45, 2.75) is 114 Å². The molecule has 1 aromatic carbocycles. The van der Waals surface area contributed by atoms with Crippen LogP contribution in [0.15, 0.2) is 55.4 Å². The van der Waals surface area contributed by atoms with Gasteiger partial charge in [0.15, 0.2) is 12.1 Å². The number of aliphatic hydroxyl groups excluding tert-OH is 1. The standard InChI is InChI=1S/C43H64N12O9S/c1-25(2)15-33(52-41(61)34(17-28-19-44-23-48-28)53-39(59)31-11-8-13-46-31)40(60)55-36(22-56)42(62)51-30(16-27-9-6-5-7-10-27)21-47-32(12-14-65-4)38(58)50-26(3)37(57)54-35(43(63)64)18-29-20-45-24-49-29/h5-7,9-10,19-20,23-26,30-36,46-47,56H,8,11-18,21-22H2,1-4H3,(H,44,48)(H,45,49)(H,50,58)(H,51,62)(H,52,61)(H,53,59)(H,54,57)(H,55,60)(H,63,64)/p+1/t26-,30-,31-,32-,33-,34-,35-,36-/m0/s1. The molecule has 0 radical (unpaired) electrons. The number of hydrogen-bond acceptors (Lipinski definition) is 12. The molecule has 356 valence electrons. The molecule has 1 saturated heterocycles. The average Bonchev–Trinajstić information content (AvgIpc) is 4.11. The third-order valence-electron chi connectivity index (χ3n) is 11.0. The highest BCUT2D eigenvalue weighted by atomic mass is 32.2. The molecule has 6 amide bonds. The van der Waals surface area contributed by atoms with Crippen molar-refractivity contribution in [3.8, 4) is 0 Å². The summed E-state index contributed by atoms with van der Waals surface area (Å²) >= 11 is 1.52. The van der Waals surface area contributed by atoms with Gasteiger partial charge in [-0.05, 0) is 43.3 Å². The number of aliphatic hydroxyl groups is 1. The van der Waals surface area contributed by atoms with Crippen LogP contribution < -0.4 is 47.6 Å². The lowest BCUT2D eigenvalue weighted by Gasteiger charge is -2.27. The normalized spacial score (nSPS) is 16.8. The minimum atomic E-state index is -1.50. The minimum absolute atomic E-state index is 0.0768. The maximum absolute atomic E-state index is 13.9. The first-order chi connectivity index (χ1) is 31.2. The number of nitrogens with zero attached hydrogens (tertiary/aromatic N) is 2. The third kappa shape index (κ3) is 17.6. The fraction of sp³-hybridized carbons (Fsp3) is 0.558. The van der Waals surface area contributed by atoms with E-state index in [1.54, 1.807) is 11.5 Å². The van der Waals surface area contributed by atoms with E-state index in [2.05, 4.69) is 51.8 Å². The predicted molar refractivity (Wildman–Crippen MR) is 237 cm³/mol. The van der Waals surface area contributed by atoms with Gasteiger partial charge in [0.2, 0.25) is 23.6 Å². The molecule has 13 N–H and O–H groups in total. The second-order valence-electron chi connectivity index (χ2n) is 16.7. The smallest absolute Gasteiger partial charge is 0.278 e. The fourth-order valence-corrected chi connectivity index (χ4v) is 7.86. The van der Waals surface area contributed by atoms with Gasteiger partial charge in [-0.15, -0.1) is 0 Å². The maximum Gasteiger partial charge on any atom is 0.278 e. The Kier molecular flexibility index (Phi) is 21.4. The van der Waals surface area contributed by atoms with Gasteiger partial charge in [-0.1, -0.05) is 44.2 Å². The Morgan fingerprint density at radius 2 is 1.42 bits per heavy atom. The molecule has 0 unspecified atom stereocenters. The number of carbonyl (C=O) groups is 7. The van der Waals surface area contributed by atoms with Crippen LogP contribution in [0.3, 0.4) is 0 Å². The van der Waals surface area contributed by atoms with Crippen molar-refractivity contribution in [2.75, 3.05) is 31.7 Å². The number of carboxylic acids is 1.